The molecule has 2 rings (SSSR count). The summed E-state index contributed by atoms with van der Waals surface area (Å²) < 4.78 is 27.0. The molecule has 1 aromatic carbocycles. The van der Waals surface area contributed by atoms with Crippen molar-refractivity contribution < 1.29 is 13.2 Å². The average molecular weight is 348 g/mol. The first kappa shape index (κ1) is 18.9. The van der Waals surface area contributed by atoms with Crippen molar-refractivity contribution in [2.45, 2.75) is 36.6 Å². The Morgan fingerprint density at radius 2 is 1.86 bits per heavy atom. The van der Waals surface area contributed by atoms with Crippen molar-refractivity contribution in [1.82, 2.24) is 4.31 Å². The number of primary amides is 1. The lowest BCUT2D eigenvalue weighted by Crippen LogP contribution is -2.44. The molecule has 0 radical (unpaired) electrons. The fourth-order valence-corrected chi connectivity index (χ4v) is 4.42. The van der Waals surface area contributed by atoms with Crippen LogP contribution in [0.15, 0.2) is 29.2 Å². The number of sulfonamides is 1. The van der Waals surface area contributed by atoms with E-state index in [1.54, 1.807) is 4.31 Å². The van der Waals surface area contributed by atoms with Crippen LogP contribution in [-0.4, -0.2) is 37.8 Å². The van der Waals surface area contributed by atoms with Gasteiger partial charge >= 0.3 is 0 Å². The van der Waals surface area contributed by atoms with E-state index in [-0.39, 0.29) is 23.3 Å². The minimum atomic E-state index is -3.55. The lowest BCUT2D eigenvalue weighted by atomic mass is 10.0. The lowest BCUT2D eigenvalue weighted by Gasteiger charge is -2.34. The molecule has 1 fully saturated rings. The van der Waals surface area contributed by atoms with Gasteiger partial charge in [-0.1, -0.05) is 6.42 Å². The van der Waals surface area contributed by atoms with Gasteiger partial charge in [-0.05, 0) is 50.1 Å². The van der Waals surface area contributed by atoms with Gasteiger partial charge in [-0.25, -0.2) is 8.42 Å². The van der Waals surface area contributed by atoms with E-state index in [9.17, 15) is 13.2 Å². The lowest BCUT2D eigenvalue weighted by molar-refractivity contribution is 0.1000. The van der Waals surface area contributed by atoms with Crippen molar-refractivity contribution in [3.63, 3.8) is 0 Å². The molecule has 1 aromatic rings. The van der Waals surface area contributed by atoms with Gasteiger partial charge in [0.1, 0.15) is 0 Å². The highest BCUT2D eigenvalue weighted by molar-refractivity contribution is 7.89. The summed E-state index contributed by atoms with van der Waals surface area (Å²) in [5.74, 6) is -0.571. The van der Waals surface area contributed by atoms with Gasteiger partial charge in [0.2, 0.25) is 15.9 Å². The summed E-state index contributed by atoms with van der Waals surface area (Å²) in [6, 6.07) is 5.71. The van der Waals surface area contributed by atoms with Crippen LogP contribution < -0.4 is 11.5 Å². The van der Waals surface area contributed by atoms with E-state index in [0.717, 1.165) is 19.3 Å². The molecule has 0 bridgehead atoms. The highest BCUT2D eigenvalue weighted by atomic mass is 35.5. The van der Waals surface area contributed by atoms with Crippen LogP contribution in [0.3, 0.4) is 0 Å². The van der Waals surface area contributed by atoms with Gasteiger partial charge in [0, 0.05) is 18.2 Å². The molecule has 1 saturated heterocycles. The summed E-state index contributed by atoms with van der Waals surface area (Å²) in [5, 5.41) is 0. The number of nitrogens with two attached hydrogens (primary N) is 2. The van der Waals surface area contributed by atoms with Crippen molar-refractivity contribution in [1.29, 1.82) is 0 Å². The molecule has 124 valence electrons. The molecule has 1 aliphatic heterocycles. The highest BCUT2D eigenvalue weighted by Crippen LogP contribution is 2.26. The molecule has 0 spiro atoms. The van der Waals surface area contributed by atoms with Crippen molar-refractivity contribution in [3.8, 4) is 0 Å². The Morgan fingerprint density at radius 3 is 2.41 bits per heavy atom. The van der Waals surface area contributed by atoms with Crippen LogP contribution in [0, 0.1) is 0 Å². The minimum absolute atomic E-state index is 0. The molecule has 1 aliphatic rings. The fourth-order valence-electron chi connectivity index (χ4n) is 2.70. The molecule has 6 nitrogen and oxygen atoms in total. The Bertz CT molecular complexity index is 602. The van der Waals surface area contributed by atoms with Crippen molar-refractivity contribution in [2.75, 3.05) is 13.1 Å². The Morgan fingerprint density at radius 1 is 1.23 bits per heavy atom. The van der Waals surface area contributed by atoms with E-state index in [0.29, 0.717) is 25.1 Å². The minimum Gasteiger partial charge on any atom is -0.366 e. The summed E-state index contributed by atoms with van der Waals surface area (Å²) in [7, 11) is -3.55. The Hall–Kier alpha value is -1.15. The molecule has 4 N–H and O–H groups in total. The maximum absolute atomic E-state index is 12.7. The maximum atomic E-state index is 12.7. The molecule has 8 heteroatoms. The second-order valence-corrected chi connectivity index (χ2v) is 7.12. The number of rotatable bonds is 5. The van der Waals surface area contributed by atoms with Crippen LogP contribution in [0.1, 0.15) is 36.0 Å². The van der Waals surface area contributed by atoms with E-state index in [2.05, 4.69) is 0 Å². The van der Waals surface area contributed by atoms with E-state index in [1.165, 1.54) is 24.3 Å². The molecular formula is C14H22ClN3O3S. The van der Waals surface area contributed by atoms with Gasteiger partial charge < -0.3 is 11.5 Å². The van der Waals surface area contributed by atoms with Crippen LogP contribution in [0.25, 0.3) is 0 Å². The summed E-state index contributed by atoms with van der Waals surface area (Å²) in [6.45, 7) is 0.988. The van der Waals surface area contributed by atoms with Crippen LogP contribution in [0.5, 0.6) is 0 Å². The predicted molar refractivity (Wildman–Crippen MR) is 87.4 cm³/mol. The Balaban J connectivity index is 0.00000242. The number of hydrogen-bond acceptors (Lipinski definition) is 4. The quantitative estimate of drug-likeness (QED) is 0.831. The number of hydrogen-bond donors (Lipinski definition) is 2. The number of piperidine rings is 1. The number of carbonyl (C=O) groups excluding carboxylic acids is 1. The first-order valence-electron chi connectivity index (χ1n) is 7.08. The molecule has 1 unspecified atom stereocenters. The van der Waals surface area contributed by atoms with E-state index >= 15 is 0 Å². The topological polar surface area (TPSA) is 106 Å². The Kier molecular flexibility index (Phi) is 6.80. The third kappa shape index (κ3) is 3.98. The zero-order valence-corrected chi connectivity index (χ0v) is 13.9. The van der Waals surface area contributed by atoms with Crippen molar-refractivity contribution in [3.05, 3.63) is 29.8 Å². The number of halogens is 1. The number of nitrogens with zero attached hydrogens (tertiary/aromatic N) is 1. The first-order chi connectivity index (χ1) is 9.96. The zero-order chi connectivity index (χ0) is 15.5. The van der Waals surface area contributed by atoms with Gasteiger partial charge in [-0.15, -0.1) is 12.4 Å². The zero-order valence-electron chi connectivity index (χ0n) is 12.3. The second kappa shape index (κ2) is 7.92. The Labute approximate surface area is 137 Å². The molecular weight excluding hydrogens is 326 g/mol. The van der Waals surface area contributed by atoms with E-state index < -0.39 is 15.9 Å². The van der Waals surface area contributed by atoms with Crippen LogP contribution in [0.4, 0.5) is 0 Å². The number of carbonyl (C=O) groups is 1. The van der Waals surface area contributed by atoms with E-state index in [1.807, 2.05) is 0 Å². The molecule has 22 heavy (non-hydrogen) atoms. The summed E-state index contributed by atoms with van der Waals surface area (Å²) >= 11 is 0. The third-order valence-electron chi connectivity index (χ3n) is 3.82. The van der Waals surface area contributed by atoms with Gasteiger partial charge in [0.25, 0.3) is 0 Å². The number of amides is 1. The molecule has 1 amide bonds. The highest BCUT2D eigenvalue weighted by Gasteiger charge is 2.32. The third-order valence-corrected chi connectivity index (χ3v) is 5.78. The van der Waals surface area contributed by atoms with Crippen LogP contribution >= 0.6 is 12.4 Å². The van der Waals surface area contributed by atoms with Crippen LogP contribution in [0.2, 0.25) is 0 Å². The molecule has 0 aromatic heterocycles. The molecule has 0 saturated carbocycles. The first-order valence-corrected chi connectivity index (χ1v) is 8.52. The normalized spacial score (nSPS) is 19.4. The SMILES string of the molecule is Cl.NCCC1CCCCN1S(=O)(=O)c1ccc(C(N)=O)cc1. The molecule has 0 aliphatic carbocycles. The van der Waals surface area contributed by atoms with Crippen molar-refractivity contribution in [2.24, 2.45) is 11.5 Å². The maximum Gasteiger partial charge on any atom is 0.248 e. The summed E-state index contributed by atoms with van der Waals surface area (Å²) in [6.07, 6.45) is 3.39. The number of benzene rings is 1. The van der Waals surface area contributed by atoms with Gasteiger partial charge in [0.05, 0.1) is 4.90 Å². The summed E-state index contributed by atoms with van der Waals surface area (Å²) in [4.78, 5) is 11.2. The van der Waals surface area contributed by atoms with Crippen molar-refractivity contribution >= 4 is 28.3 Å². The van der Waals surface area contributed by atoms with E-state index in [4.69, 9.17) is 11.5 Å². The molecule has 1 heterocycles. The largest absolute Gasteiger partial charge is 0.366 e. The summed E-state index contributed by atoms with van der Waals surface area (Å²) in [5.41, 5.74) is 11.0. The standard InChI is InChI=1S/C14H21N3O3S.ClH/c15-9-8-12-3-1-2-10-17(12)21(19,20)13-6-4-11(5-7-13)14(16)18;/h4-7,12H,1-3,8-10,15H2,(H2,16,18);1H. The van der Waals surface area contributed by atoms with Crippen LogP contribution in [-0.2, 0) is 10.0 Å². The fraction of sp³-hybridized carbons (Fsp3) is 0.500. The van der Waals surface area contributed by atoms with Gasteiger partial charge in [-0.2, -0.15) is 4.31 Å². The smallest absolute Gasteiger partial charge is 0.248 e. The predicted octanol–water partition coefficient (Wildman–Crippen LogP) is 1.10. The molecule has 1 atom stereocenters. The second-order valence-electron chi connectivity index (χ2n) is 5.23. The van der Waals surface area contributed by atoms with Gasteiger partial charge in [0.15, 0.2) is 0 Å². The average Bonchev–Trinajstić information content (AvgIpc) is 2.48. The van der Waals surface area contributed by atoms with Gasteiger partial charge in [-0.3, -0.25) is 4.79 Å². The monoisotopic (exact) mass is 347 g/mol.